The largest absolute Gasteiger partial charge is 0.497 e. The molecule has 134 valence electrons. The number of nitrogens with zero attached hydrogens (tertiary/aromatic N) is 1. The van der Waals surface area contributed by atoms with Crippen molar-refractivity contribution >= 4 is 23.2 Å². The molecule has 2 aromatic carbocycles. The Morgan fingerprint density at radius 2 is 1.96 bits per heavy atom. The summed E-state index contributed by atoms with van der Waals surface area (Å²) in [6, 6.07) is 14.6. The van der Waals surface area contributed by atoms with Crippen molar-refractivity contribution in [3.05, 3.63) is 70.4 Å². The zero-order valence-corrected chi connectivity index (χ0v) is 15.6. The number of hydrogen-bond acceptors (Lipinski definition) is 4. The predicted octanol–water partition coefficient (Wildman–Crippen LogP) is 4.35. The summed E-state index contributed by atoms with van der Waals surface area (Å²) in [6.07, 6.45) is 1.42. The number of nitriles is 1. The molecule has 1 unspecified atom stereocenters. The van der Waals surface area contributed by atoms with E-state index in [1.54, 1.807) is 32.2 Å². The van der Waals surface area contributed by atoms with Crippen LogP contribution in [0.2, 0.25) is 5.02 Å². The first kappa shape index (κ1) is 19.4. The SMILES string of the molecule is COc1ccc(C(C)N/C=C(/C#N)C(=O)Nc2cccc(Cl)c2C)cc1. The molecular formula is C20H20ClN3O2. The van der Waals surface area contributed by atoms with Gasteiger partial charge in [-0.25, -0.2) is 0 Å². The van der Waals surface area contributed by atoms with E-state index in [9.17, 15) is 10.1 Å². The number of amides is 1. The minimum atomic E-state index is -0.493. The van der Waals surface area contributed by atoms with Crippen LogP contribution in [0, 0.1) is 18.3 Å². The summed E-state index contributed by atoms with van der Waals surface area (Å²) in [5, 5.41) is 15.6. The van der Waals surface area contributed by atoms with Gasteiger partial charge < -0.3 is 15.4 Å². The highest BCUT2D eigenvalue weighted by molar-refractivity contribution is 6.31. The fourth-order valence-electron chi connectivity index (χ4n) is 2.28. The van der Waals surface area contributed by atoms with Gasteiger partial charge in [-0.05, 0) is 49.2 Å². The molecule has 6 heteroatoms. The van der Waals surface area contributed by atoms with Gasteiger partial charge in [-0.3, -0.25) is 4.79 Å². The average molecular weight is 370 g/mol. The third-order valence-corrected chi connectivity index (χ3v) is 4.38. The normalized spacial score (nSPS) is 12.0. The zero-order chi connectivity index (χ0) is 19.1. The van der Waals surface area contributed by atoms with E-state index in [2.05, 4.69) is 10.6 Å². The van der Waals surface area contributed by atoms with Gasteiger partial charge in [-0.2, -0.15) is 5.26 Å². The Balaban J connectivity index is 2.07. The van der Waals surface area contributed by atoms with Crippen molar-refractivity contribution in [2.75, 3.05) is 12.4 Å². The van der Waals surface area contributed by atoms with Gasteiger partial charge in [0.05, 0.1) is 7.11 Å². The van der Waals surface area contributed by atoms with Crippen LogP contribution in [0.25, 0.3) is 0 Å². The lowest BCUT2D eigenvalue weighted by atomic mass is 10.1. The summed E-state index contributed by atoms with van der Waals surface area (Å²) in [5.74, 6) is 0.276. The van der Waals surface area contributed by atoms with Crippen LogP contribution in [0.4, 0.5) is 5.69 Å². The van der Waals surface area contributed by atoms with Crippen LogP contribution in [-0.4, -0.2) is 13.0 Å². The highest BCUT2D eigenvalue weighted by Crippen LogP contribution is 2.23. The number of nitrogens with one attached hydrogen (secondary N) is 2. The predicted molar refractivity (Wildman–Crippen MR) is 103 cm³/mol. The molecule has 1 atom stereocenters. The highest BCUT2D eigenvalue weighted by atomic mass is 35.5. The monoisotopic (exact) mass is 369 g/mol. The number of carbonyl (C=O) groups excluding carboxylic acids is 1. The molecule has 1 amide bonds. The number of rotatable bonds is 6. The molecular weight excluding hydrogens is 350 g/mol. The van der Waals surface area contributed by atoms with E-state index < -0.39 is 5.91 Å². The Hall–Kier alpha value is -2.97. The molecule has 0 aromatic heterocycles. The molecule has 0 saturated heterocycles. The van der Waals surface area contributed by atoms with Gasteiger partial charge in [0.15, 0.2) is 0 Å². The second-order valence-electron chi connectivity index (χ2n) is 5.70. The van der Waals surface area contributed by atoms with Crippen LogP contribution < -0.4 is 15.4 Å². The quantitative estimate of drug-likeness (QED) is 0.586. The standard InChI is InChI=1S/C20H20ClN3O2/c1-13-18(21)5-4-6-19(13)24-20(25)16(11-22)12-23-14(2)15-7-9-17(26-3)10-8-15/h4-10,12,14,23H,1-3H3,(H,24,25)/b16-12-. The minimum Gasteiger partial charge on any atom is -0.497 e. The molecule has 0 bridgehead atoms. The van der Waals surface area contributed by atoms with Gasteiger partial charge in [0.2, 0.25) is 0 Å². The Morgan fingerprint density at radius 1 is 1.27 bits per heavy atom. The van der Waals surface area contributed by atoms with Crippen molar-refractivity contribution in [1.82, 2.24) is 5.32 Å². The molecule has 5 nitrogen and oxygen atoms in total. The Labute approximate surface area is 158 Å². The number of ether oxygens (including phenoxy) is 1. The number of methoxy groups -OCH3 is 1. The third kappa shape index (κ3) is 4.78. The maximum atomic E-state index is 12.3. The highest BCUT2D eigenvalue weighted by Gasteiger charge is 2.12. The molecule has 26 heavy (non-hydrogen) atoms. The molecule has 0 fully saturated rings. The third-order valence-electron chi connectivity index (χ3n) is 3.97. The molecule has 2 aromatic rings. The second-order valence-corrected chi connectivity index (χ2v) is 6.11. The van der Waals surface area contributed by atoms with Crippen molar-refractivity contribution in [2.45, 2.75) is 19.9 Å². The second kappa shape index (κ2) is 8.93. The van der Waals surface area contributed by atoms with Crippen LogP contribution in [0.15, 0.2) is 54.2 Å². The smallest absolute Gasteiger partial charge is 0.267 e. The molecule has 0 aliphatic carbocycles. The average Bonchev–Trinajstić information content (AvgIpc) is 2.65. The fourth-order valence-corrected chi connectivity index (χ4v) is 2.45. The zero-order valence-electron chi connectivity index (χ0n) is 14.8. The number of anilines is 1. The first-order chi connectivity index (χ1) is 12.5. The first-order valence-electron chi connectivity index (χ1n) is 8.03. The van der Waals surface area contributed by atoms with E-state index in [0.29, 0.717) is 10.7 Å². The van der Waals surface area contributed by atoms with Crippen LogP contribution in [-0.2, 0) is 4.79 Å². The van der Waals surface area contributed by atoms with Crippen molar-refractivity contribution < 1.29 is 9.53 Å². The summed E-state index contributed by atoms with van der Waals surface area (Å²) in [4.78, 5) is 12.3. The van der Waals surface area contributed by atoms with Crippen molar-refractivity contribution in [1.29, 1.82) is 5.26 Å². The molecule has 2 N–H and O–H groups in total. The van der Waals surface area contributed by atoms with Crippen molar-refractivity contribution in [3.8, 4) is 11.8 Å². The summed E-state index contributed by atoms with van der Waals surface area (Å²) in [5.41, 5.74) is 2.31. The first-order valence-corrected chi connectivity index (χ1v) is 8.40. The number of halogens is 1. The Bertz CT molecular complexity index is 854. The summed E-state index contributed by atoms with van der Waals surface area (Å²) < 4.78 is 5.13. The Kier molecular flexibility index (Phi) is 6.65. The lowest BCUT2D eigenvalue weighted by molar-refractivity contribution is -0.112. The van der Waals surface area contributed by atoms with Gasteiger partial charge in [0.1, 0.15) is 17.4 Å². The molecule has 0 spiro atoms. The number of hydrogen-bond donors (Lipinski definition) is 2. The van der Waals surface area contributed by atoms with Gasteiger partial charge in [-0.15, -0.1) is 0 Å². The van der Waals surface area contributed by atoms with Crippen LogP contribution in [0.5, 0.6) is 5.75 Å². The summed E-state index contributed by atoms with van der Waals surface area (Å²) >= 11 is 6.05. The van der Waals surface area contributed by atoms with Crippen LogP contribution in [0.3, 0.4) is 0 Å². The molecule has 2 rings (SSSR count). The molecule has 0 saturated carbocycles. The van der Waals surface area contributed by atoms with Crippen LogP contribution >= 0.6 is 11.6 Å². The van der Waals surface area contributed by atoms with E-state index in [4.69, 9.17) is 16.3 Å². The summed E-state index contributed by atoms with van der Waals surface area (Å²) in [6.45, 7) is 3.74. The maximum absolute atomic E-state index is 12.3. The lowest BCUT2D eigenvalue weighted by Gasteiger charge is -2.14. The molecule has 0 radical (unpaired) electrons. The van der Waals surface area contributed by atoms with E-state index in [0.717, 1.165) is 16.9 Å². The van der Waals surface area contributed by atoms with Gasteiger partial charge >= 0.3 is 0 Å². The molecule has 0 aliphatic rings. The lowest BCUT2D eigenvalue weighted by Crippen LogP contribution is -2.19. The summed E-state index contributed by atoms with van der Waals surface area (Å²) in [7, 11) is 1.61. The van der Waals surface area contributed by atoms with E-state index >= 15 is 0 Å². The maximum Gasteiger partial charge on any atom is 0.267 e. The van der Waals surface area contributed by atoms with Gasteiger partial charge in [0, 0.05) is 23.0 Å². The van der Waals surface area contributed by atoms with Crippen molar-refractivity contribution in [2.24, 2.45) is 0 Å². The van der Waals surface area contributed by atoms with Crippen molar-refractivity contribution in [3.63, 3.8) is 0 Å². The molecule has 0 aliphatic heterocycles. The van der Waals surface area contributed by atoms with Gasteiger partial charge in [-0.1, -0.05) is 29.8 Å². The number of benzene rings is 2. The van der Waals surface area contributed by atoms with Gasteiger partial charge in [0.25, 0.3) is 5.91 Å². The van der Waals surface area contributed by atoms with E-state index in [-0.39, 0.29) is 11.6 Å². The molecule has 0 heterocycles. The topological polar surface area (TPSA) is 74.1 Å². The van der Waals surface area contributed by atoms with E-state index in [1.165, 1.54) is 6.20 Å². The van der Waals surface area contributed by atoms with Crippen LogP contribution in [0.1, 0.15) is 24.1 Å². The van der Waals surface area contributed by atoms with E-state index in [1.807, 2.05) is 37.3 Å². The Morgan fingerprint density at radius 3 is 2.58 bits per heavy atom. The number of carbonyl (C=O) groups is 1. The minimum absolute atomic E-state index is 0.0234. The fraction of sp³-hybridized carbons (Fsp3) is 0.200.